The molecule has 0 bridgehead atoms. The average molecular weight is 434 g/mol. The molecule has 0 spiro atoms. The normalized spacial score (nSPS) is 42.0. The molecule has 0 aromatic heterocycles. The molecule has 2 aliphatic heterocycles. The monoisotopic (exact) mass is 434 g/mol. The summed E-state index contributed by atoms with van der Waals surface area (Å²) in [6, 6.07) is 5.94. The fourth-order valence-electron chi connectivity index (χ4n) is 3.22. The topological polar surface area (TPSA) is 199 Å². The second-order valence-corrected chi connectivity index (χ2v) is 7.08. The Balaban J connectivity index is 1.76. The van der Waals surface area contributed by atoms with Crippen molar-refractivity contribution in [3.8, 4) is 11.5 Å². The first-order chi connectivity index (χ1) is 14.3. The Morgan fingerprint density at radius 3 is 1.30 bits per heavy atom. The molecule has 1 aromatic rings. The maximum atomic E-state index is 10.1. The van der Waals surface area contributed by atoms with Gasteiger partial charge in [0, 0.05) is 0 Å². The summed E-state index contributed by atoms with van der Waals surface area (Å²) in [5.41, 5.74) is 0. The zero-order chi connectivity index (χ0) is 22.0. The molecule has 1 aromatic carbocycles. The van der Waals surface area contributed by atoms with E-state index < -0.39 is 74.6 Å². The zero-order valence-corrected chi connectivity index (χ0v) is 15.7. The summed E-state index contributed by atoms with van der Waals surface area (Å²) in [5.74, 6) is -0.0300. The van der Waals surface area contributed by atoms with Crippen molar-refractivity contribution < 1.29 is 59.8 Å². The minimum atomic E-state index is -1.65. The number of hydrogen-bond donors (Lipinski definition) is 8. The van der Waals surface area contributed by atoms with Gasteiger partial charge in [0.2, 0.25) is 12.6 Å². The molecule has 0 radical (unpaired) electrons. The van der Waals surface area contributed by atoms with Crippen LogP contribution >= 0.6 is 0 Å². The van der Waals surface area contributed by atoms with Gasteiger partial charge in [-0.1, -0.05) is 12.1 Å². The average Bonchev–Trinajstić information content (AvgIpc) is 2.75. The van der Waals surface area contributed by atoms with Gasteiger partial charge < -0.3 is 59.8 Å². The van der Waals surface area contributed by atoms with E-state index in [0.29, 0.717) is 0 Å². The lowest BCUT2D eigenvalue weighted by atomic mass is 9.99. The first-order valence-electron chi connectivity index (χ1n) is 9.31. The van der Waals surface area contributed by atoms with Crippen molar-refractivity contribution in [2.45, 2.75) is 61.4 Å². The van der Waals surface area contributed by atoms with E-state index in [9.17, 15) is 40.9 Å². The summed E-state index contributed by atoms with van der Waals surface area (Å²) in [4.78, 5) is 0. The fraction of sp³-hybridized carbons (Fsp3) is 0.667. The van der Waals surface area contributed by atoms with Crippen molar-refractivity contribution in [3.63, 3.8) is 0 Å². The number of rotatable bonds is 6. The van der Waals surface area contributed by atoms with Crippen LogP contribution in [0.5, 0.6) is 11.5 Å². The van der Waals surface area contributed by atoms with E-state index in [1.54, 1.807) is 12.1 Å². The number of hydrogen-bond acceptors (Lipinski definition) is 12. The summed E-state index contributed by atoms with van der Waals surface area (Å²) in [6.45, 7) is -1.26. The molecule has 2 aliphatic rings. The third-order valence-corrected chi connectivity index (χ3v) is 5.03. The van der Waals surface area contributed by atoms with E-state index in [-0.39, 0.29) is 11.5 Å². The van der Waals surface area contributed by atoms with Crippen molar-refractivity contribution >= 4 is 0 Å². The third kappa shape index (κ3) is 4.53. The van der Waals surface area contributed by atoms with Gasteiger partial charge in [0.1, 0.15) is 48.8 Å². The standard InChI is InChI=1S/C18H26O12/c19-5-9-11(21)13(23)15(25)17(29-9)27-7-3-1-2-4-8(7)28-18-16(26)14(24)12(22)10(6-20)30-18/h1-4,9-26H,5-6H2. The number of ether oxygens (including phenoxy) is 4. The van der Waals surface area contributed by atoms with E-state index in [4.69, 9.17) is 18.9 Å². The predicted octanol–water partition coefficient (Wildman–Crippen LogP) is -3.96. The van der Waals surface area contributed by atoms with Gasteiger partial charge in [-0.3, -0.25) is 0 Å². The van der Waals surface area contributed by atoms with Gasteiger partial charge in [-0.15, -0.1) is 0 Å². The van der Waals surface area contributed by atoms with E-state index in [2.05, 4.69) is 0 Å². The van der Waals surface area contributed by atoms with Crippen molar-refractivity contribution in [1.82, 2.24) is 0 Å². The predicted molar refractivity (Wildman–Crippen MR) is 95.2 cm³/mol. The third-order valence-electron chi connectivity index (χ3n) is 5.03. The fourth-order valence-corrected chi connectivity index (χ4v) is 3.22. The highest BCUT2D eigenvalue weighted by molar-refractivity contribution is 5.39. The first-order valence-corrected chi connectivity index (χ1v) is 9.31. The van der Waals surface area contributed by atoms with Gasteiger partial charge >= 0.3 is 0 Å². The van der Waals surface area contributed by atoms with Gasteiger partial charge in [-0.25, -0.2) is 0 Å². The van der Waals surface area contributed by atoms with Crippen molar-refractivity contribution in [3.05, 3.63) is 24.3 Å². The lowest BCUT2D eigenvalue weighted by Gasteiger charge is -2.40. The van der Waals surface area contributed by atoms with Gasteiger partial charge in [-0.2, -0.15) is 0 Å². The molecule has 3 rings (SSSR count). The number of benzene rings is 1. The SMILES string of the molecule is OCC1OC(Oc2ccccc2OC2OC(CO)C(O)C(O)C2O)C(O)C(O)C1O. The highest BCUT2D eigenvalue weighted by Gasteiger charge is 2.46. The quantitative estimate of drug-likeness (QED) is 0.216. The van der Waals surface area contributed by atoms with Crippen molar-refractivity contribution in [1.29, 1.82) is 0 Å². The largest absolute Gasteiger partial charge is 0.458 e. The summed E-state index contributed by atoms with van der Waals surface area (Å²) in [5, 5.41) is 78.3. The molecule has 0 amide bonds. The second-order valence-electron chi connectivity index (χ2n) is 7.08. The molecule has 0 saturated carbocycles. The smallest absolute Gasteiger partial charge is 0.229 e. The van der Waals surface area contributed by atoms with Gasteiger partial charge in [0.15, 0.2) is 11.5 Å². The molecular weight excluding hydrogens is 408 g/mol. The van der Waals surface area contributed by atoms with Crippen molar-refractivity contribution in [2.24, 2.45) is 0 Å². The number of para-hydroxylation sites is 2. The van der Waals surface area contributed by atoms with Crippen LogP contribution in [0.15, 0.2) is 24.3 Å². The Hall–Kier alpha value is -1.58. The first kappa shape index (κ1) is 23.1. The van der Waals surface area contributed by atoms with Crippen LogP contribution in [-0.4, -0.2) is 115 Å². The summed E-state index contributed by atoms with van der Waals surface area (Å²) in [6.07, 6.45) is -15.0. The maximum absolute atomic E-state index is 10.1. The molecule has 2 saturated heterocycles. The Bertz CT molecular complexity index is 628. The summed E-state index contributed by atoms with van der Waals surface area (Å²) < 4.78 is 21.7. The van der Waals surface area contributed by atoms with Crippen LogP contribution in [0.3, 0.4) is 0 Å². The molecule has 2 fully saturated rings. The van der Waals surface area contributed by atoms with Crippen LogP contribution in [0.1, 0.15) is 0 Å². The van der Waals surface area contributed by atoms with Crippen LogP contribution in [0.25, 0.3) is 0 Å². The molecule has 0 aliphatic carbocycles. The Labute approximate surface area is 171 Å². The molecule has 8 N–H and O–H groups in total. The van der Waals surface area contributed by atoms with Crippen LogP contribution in [0.4, 0.5) is 0 Å². The molecule has 10 unspecified atom stereocenters. The van der Waals surface area contributed by atoms with Crippen molar-refractivity contribution in [2.75, 3.05) is 13.2 Å². The summed E-state index contributed by atoms with van der Waals surface area (Å²) in [7, 11) is 0. The van der Waals surface area contributed by atoms with Gasteiger partial charge in [0.05, 0.1) is 13.2 Å². The molecule has 10 atom stereocenters. The van der Waals surface area contributed by atoms with E-state index in [0.717, 1.165) is 0 Å². The maximum Gasteiger partial charge on any atom is 0.229 e. The number of aliphatic hydroxyl groups is 8. The molecule has 12 nitrogen and oxygen atoms in total. The molecule has 2 heterocycles. The van der Waals surface area contributed by atoms with Crippen LogP contribution < -0.4 is 9.47 Å². The highest BCUT2D eigenvalue weighted by Crippen LogP contribution is 2.33. The van der Waals surface area contributed by atoms with E-state index >= 15 is 0 Å². The molecule has 170 valence electrons. The van der Waals surface area contributed by atoms with Gasteiger partial charge in [0.25, 0.3) is 0 Å². The van der Waals surface area contributed by atoms with E-state index in [1.165, 1.54) is 12.1 Å². The van der Waals surface area contributed by atoms with Crippen LogP contribution in [0, 0.1) is 0 Å². The lowest BCUT2D eigenvalue weighted by molar-refractivity contribution is -0.282. The second kappa shape index (κ2) is 9.70. The molecule has 12 heteroatoms. The Kier molecular flexibility index (Phi) is 7.47. The van der Waals surface area contributed by atoms with Crippen LogP contribution in [-0.2, 0) is 9.47 Å². The molecule has 30 heavy (non-hydrogen) atoms. The van der Waals surface area contributed by atoms with Crippen LogP contribution in [0.2, 0.25) is 0 Å². The highest BCUT2D eigenvalue weighted by atomic mass is 16.7. The zero-order valence-electron chi connectivity index (χ0n) is 15.7. The Morgan fingerprint density at radius 2 is 0.967 bits per heavy atom. The Morgan fingerprint density at radius 1 is 0.600 bits per heavy atom. The summed E-state index contributed by atoms with van der Waals surface area (Å²) >= 11 is 0. The minimum absolute atomic E-state index is 0.0150. The molecular formula is C18H26O12. The van der Waals surface area contributed by atoms with Gasteiger partial charge in [-0.05, 0) is 12.1 Å². The lowest BCUT2D eigenvalue weighted by Crippen LogP contribution is -2.60. The minimum Gasteiger partial charge on any atom is -0.458 e. The number of aliphatic hydroxyl groups excluding tert-OH is 8. The van der Waals surface area contributed by atoms with E-state index in [1.807, 2.05) is 0 Å².